The predicted octanol–water partition coefficient (Wildman–Crippen LogP) is 5.34. The molecule has 1 N–H and O–H groups in total. The maximum absolute atomic E-state index is 11.1. The summed E-state index contributed by atoms with van der Waals surface area (Å²) in [5.74, 6) is 1.36. The number of rotatable bonds is 3. The van der Waals surface area contributed by atoms with Crippen molar-refractivity contribution in [3.63, 3.8) is 0 Å². The first-order valence-electron chi connectivity index (χ1n) is 8.74. The number of fused-ring (bicyclic) bond motifs is 1. The highest BCUT2D eigenvalue weighted by Gasteiger charge is 2.42. The number of phenols is 1. The lowest BCUT2D eigenvalue weighted by Gasteiger charge is -2.43. The molecule has 2 aromatic carbocycles. The topological polar surface area (TPSA) is 29.5 Å². The van der Waals surface area contributed by atoms with E-state index in [1.165, 1.54) is 11.1 Å². The van der Waals surface area contributed by atoms with E-state index in [1.807, 2.05) is 24.3 Å². The minimum Gasteiger partial charge on any atom is -0.507 e. The summed E-state index contributed by atoms with van der Waals surface area (Å²) in [6, 6.07) is 12.3. The van der Waals surface area contributed by atoms with Crippen LogP contribution in [0.5, 0.6) is 11.5 Å². The molecule has 0 unspecified atom stereocenters. The average molecular weight is 324 g/mol. The van der Waals surface area contributed by atoms with E-state index >= 15 is 0 Å². The van der Waals surface area contributed by atoms with Gasteiger partial charge in [-0.2, -0.15) is 0 Å². The fourth-order valence-corrected chi connectivity index (χ4v) is 4.02. The van der Waals surface area contributed by atoms with Crippen LogP contribution in [0.4, 0.5) is 0 Å². The quantitative estimate of drug-likeness (QED) is 0.825. The summed E-state index contributed by atoms with van der Waals surface area (Å²) < 4.78 is 5.76. The first-order valence-corrected chi connectivity index (χ1v) is 8.74. The molecule has 0 aliphatic heterocycles. The maximum atomic E-state index is 11.1. The van der Waals surface area contributed by atoms with Crippen molar-refractivity contribution in [1.82, 2.24) is 0 Å². The van der Waals surface area contributed by atoms with Crippen molar-refractivity contribution in [3.05, 3.63) is 58.7 Å². The second kappa shape index (κ2) is 5.84. The van der Waals surface area contributed by atoms with Crippen LogP contribution in [0.25, 0.3) is 0 Å². The van der Waals surface area contributed by atoms with Gasteiger partial charge >= 0.3 is 0 Å². The van der Waals surface area contributed by atoms with Gasteiger partial charge in [0, 0.05) is 23.1 Å². The van der Waals surface area contributed by atoms with E-state index in [2.05, 4.69) is 39.8 Å². The Hall–Kier alpha value is -1.96. The lowest BCUT2D eigenvalue weighted by molar-refractivity contribution is 0.299. The van der Waals surface area contributed by atoms with Gasteiger partial charge in [0.05, 0.1) is 7.11 Å². The van der Waals surface area contributed by atoms with Crippen molar-refractivity contribution in [2.45, 2.75) is 57.8 Å². The van der Waals surface area contributed by atoms with Crippen LogP contribution in [0.3, 0.4) is 0 Å². The zero-order chi connectivity index (χ0) is 17.5. The minimum absolute atomic E-state index is 0.0129. The first-order chi connectivity index (χ1) is 11.3. The third-order valence-electron chi connectivity index (χ3n) is 5.53. The number of methoxy groups -OCH3 is 1. The van der Waals surface area contributed by atoms with Crippen LogP contribution in [0.15, 0.2) is 36.4 Å². The molecule has 0 radical (unpaired) electrons. The van der Waals surface area contributed by atoms with Crippen molar-refractivity contribution >= 4 is 0 Å². The Balaban J connectivity index is 2.21. The van der Waals surface area contributed by atoms with Gasteiger partial charge in [0.15, 0.2) is 0 Å². The molecule has 1 aliphatic rings. The molecule has 2 aromatic rings. The van der Waals surface area contributed by atoms with Crippen LogP contribution < -0.4 is 4.74 Å². The number of hydrogen-bond acceptors (Lipinski definition) is 2. The number of ether oxygens (including phenoxy) is 1. The fourth-order valence-electron chi connectivity index (χ4n) is 4.02. The Bertz CT molecular complexity index is 742. The fraction of sp³-hybridized carbons (Fsp3) is 0.455. The van der Waals surface area contributed by atoms with Gasteiger partial charge in [0.2, 0.25) is 0 Å². The Morgan fingerprint density at radius 2 is 1.54 bits per heavy atom. The molecule has 0 amide bonds. The summed E-state index contributed by atoms with van der Waals surface area (Å²) >= 11 is 0. The molecule has 0 fully saturated rings. The molecule has 0 aromatic heterocycles. The summed E-state index contributed by atoms with van der Waals surface area (Å²) in [7, 11) is 1.73. The molecule has 2 nitrogen and oxygen atoms in total. The van der Waals surface area contributed by atoms with E-state index < -0.39 is 0 Å². The molecule has 1 aliphatic carbocycles. The average Bonchev–Trinajstić information content (AvgIpc) is 2.54. The second-order valence-corrected chi connectivity index (χ2v) is 8.27. The van der Waals surface area contributed by atoms with Crippen LogP contribution in [0, 0.1) is 0 Å². The first kappa shape index (κ1) is 16.9. The molecule has 24 heavy (non-hydrogen) atoms. The van der Waals surface area contributed by atoms with Crippen molar-refractivity contribution < 1.29 is 9.84 Å². The molecule has 0 atom stereocenters. The lowest BCUT2D eigenvalue weighted by atomic mass is 9.62. The monoisotopic (exact) mass is 324 g/mol. The smallest absolute Gasteiger partial charge is 0.123 e. The van der Waals surface area contributed by atoms with Crippen LogP contribution in [0.2, 0.25) is 0 Å². The van der Waals surface area contributed by atoms with Gasteiger partial charge in [-0.15, -0.1) is 0 Å². The van der Waals surface area contributed by atoms with Crippen molar-refractivity contribution in [2.24, 2.45) is 0 Å². The van der Waals surface area contributed by atoms with Gasteiger partial charge in [-0.25, -0.2) is 0 Å². The van der Waals surface area contributed by atoms with E-state index in [9.17, 15) is 5.11 Å². The van der Waals surface area contributed by atoms with Crippen LogP contribution in [-0.4, -0.2) is 12.2 Å². The van der Waals surface area contributed by atoms with Crippen LogP contribution in [-0.2, 0) is 17.3 Å². The molecule has 0 saturated carbocycles. The molecule has 0 spiro atoms. The molecule has 3 rings (SSSR count). The largest absolute Gasteiger partial charge is 0.507 e. The third-order valence-corrected chi connectivity index (χ3v) is 5.53. The minimum atomic E-state index is -0.0467. The molecule has 0 heterocycles. The zero-order valence-corrected chi connectivity index (χ0v) is 15.4. The molecule has 2 heteroatoms. The molecule has 0 bridgehead atoms. The third kappa shape index (κ3) is 2.79. The van der Waals surface area contributed by atoms with Gasteiger partial charge in [0.1, 0.15) is 11.5 Å². The number of hydrogen-bond donors (Lipinski definition) is 1. The standard InChI is InChI=1S/C22H28O2/c1-21(2)11-12-22(3,4)19-18(21)17(24-5)14-16(20(19)23)13-15-9-7-6-8-10-15/h6-10,14,23H,11-13H2,1-5H3. The van der Waals surface area contributed by atoms with Crippen LogP contribution >= 0.6 is 0 Å². The second-order valence-electron chi connectivity index (χ2n) is 8.27. The highest BCUT2D eigenvalue weighted by molar-refractivity contribution is 5.60. The lowest BCUT2D eigenvalue weighted by Crippen LogP contribution is -2.34. The predicted molar refractivity (Wildman–Crippen MR) is 99.2 cm³/mol. The SMILES string of the molecule is COc1cc(Cc2ccccc2)c(O)c2c1C(C)(C)CCC2(C)C. The number of benzene rings is 2. The Labute approximate surface area is 145 Å². The van der Waals surface area contributed by atoms with Gasteiger partial charge in [0.25, 0.3) is 0 Å². The molecular formula is C22H28O2. The molecular weight excluding hydrogens is 296 g/mol. The van der Waals surface area contributed by atoms with Gasteiger partial charge < -0.3 is 9.84 Å². The highest BCUT2D eigenvalue weighted by atomic mass is 16.5. The summed E-state index contributed by atoms with van der Waals surface area (Å²) in [6.07, 6.45) is 2.88. The summed E-state index contributed by atoms with van der Waals surface area (Å²) in [4.78, 5) is 0. The van der Waals surface area contributed by atoms with E-state index in [-0.39, 0.29) is 10.8 Å². The van der Waals surface area contributed by atoms with E-state index in [0.717, 1.165) is 29.7 Å². The Morgan fingerprint density at radius 1 is 0.958 bits per heavy atom. The zero-order valence-electron chi connectivity index (χ0n) is 15.4. The highest BCUT2D eigenvalue weighted by Crippen LogP contribution is 2.53. The Morgan fingerprint density at radius 3 is 2.12 bits per heavy atom. The maximum Gasteiger partial charge on any atom is 0.123 e. The summed E-state index contributed by atoms with van der Waals surface area (Å²) in [5, 5.41) is 11.1. The Kier molecular flexibility index (Phi) is 4.11. The van der Waals surface area contributed by atoms with Crippen molar-refractivity contribution in [2.75, 3.05) is 7.11 Å². The molecule has 0 saturated heterocycles. The van der Waals surface area contributed by atoms with Crippen LogP contribution in [0.1, 0.15) is 62.8 Å². The van der Waals surface area contributed by atoms with Gasteiger partial charge in [-0.1, -0.05) is 58.0 Å². The van der Waals surface area contributed by atoms with Crippen molar-refractivity contribution in [1.29, 1.82) is 0 Å². The molecule has 128 valence electrons. The van der Waals surface area contributed by atoms with Gasteiger partial charge in [-0.05, 0) is 35.3 Å². The summed E-state index contributed by atoms with van der Waals surface area (Å²) in [6.45, 7) is 8.96. The number of phenolic OH excluding ortho intramolecular Hbond substituents is 1. The van der Waals surface area contributed by atoms with Gasteiger partial charge in [-0.3, -0.25) is 0 Å². The summed E-state index contributed by atoms with van der Waals surface area (Å²) in [5.41, 5.74) is 4.36. The normalized spacial score (nSPS) is 18.0. The van der Waals surface area contributed by atoms with E-state index in [4.69, 9.17) is 4.74 Å². The van der Waals surface area contributed by atoms with E-state index in [0.29, 0.717) is 12.2 Å². The van der Waals surface area contributed by atoms with Crippen molar-refractivity contribution in [3.8, 4) is 11.5 Å². The van der Waals surface area contributed by atoms with E-state index in [1.54, 1.807) is 7.11 Å². The number of aromatic hydroxyl groups is 1.